The molecule has 1 heterocycles. The molecule has 1 aromatic carbocycles. The number of amides is 1. The number of nitrogens with one attached hydrogen (secondary N) is 2. The summed E-state index contributed by atoms with van der Waals surface area (Å²) in [7, 11) is 0. The van der Waals surface area contributed by atoms with Crippen molar-refractivity contribution in [2.75, 3.05) is 45.8 Å². The van der Waals surface area contributed by atoms with E-state index in [9.17, 15) is 9.18 Å². The fraction of sp³-hybridized carbons (Fsp3) is 0.619. The molecule has 2 fully saturated rings. The molecule has 1 saturated heterocycles. The predicted molar refractivity (Wildman–Crippen MR) is 110 cm³/mol. The molecular weight excluding hydrogens is 357 g/mol. The molecule has 0 bridgehead atoms. The smallest absolute Gasteiger partial charge is 0.225 e. The molecule has 0 unspecified atom stereocenters. The van der Waals surface area contributed by atoms with E-state index in [1.165, 1.54) is 12.5 Å². The molecular formula is C21H32FN5O. The molecule has 6 nitrogen and oxygen atoms in total. The van der Waals surface area contributed by atoms with Crippen molar-refractivity contribution in [3.8, 4) is 0 Å². The van der Waals surface area contributed by atoms with Crippen LogP contribution in [0, 0.1) is 11.7 Å². The Bertz CT molecular complexity index is 669. The van der Waals surface area contributed by atoms with Crippen LogP contribution >= 0.6 is 0 Å². The third kappa shape index (κ3) is 5.67. The average molecular weight is 390 g/mol. The first-order valence-corrected chi connectivity index (χ1v) is 10.4. The van der Waals surface area contributed by atoms with Crippen LogP contribution < -0.4 is 10.6 Å². The topological polar surface area (TPSA) is 60.0 Å². The van der Waals surface area contributed by atoms with E-state index in [2.05, 4.69) is 20.5 Å². The van der Waals surface area contributed by atoms with Crippen molar-refractivity contribution in [3.05, 3.63) is 35.6 Å². The Morgan fingerprint density at radius 3 is 2.57 bits per heavy atom. The van der Waals surface area contributed by atoms with Crippen molar-refractivity contribution in [3.63, 3.8) is 0 Å². The number of hydrogen-bond donors (Lipinski definition) is 2. The maximum Gasteiger partial charge on any atom is 0.225 e. The molecule has 1 aliphatic heterocycles. The summed E-state index contributed by atoms with van der Waals surface area (Å²) in [5.41, 5.74) is 0.590. The summed E-state index contributed by atoms with van der Waals surface area (Å²) < 4.78 is 13.7. The lowest BCUT2D eigenvalue weighted by Gasteiger charge is -2.38. The first-order valence-electron chi connectivity index (χ1n) is 10.4. The molecule has 0 spiro atoms. The van der Waals surface area contributed by atoms with Gasteiger partial charge in [0.15, 0.2) is 5.96 Å². The maximum absolute atomic E-state index is 13.7. The van der Waals surface area contributed by atoms with Gasteiger partial charge in [0, 0.05) is 57.3 Å². The number of aliphatic imine (C=N–C) groups is 1. The average Bonchev–Trinajstić information content (AvgIpc) is 2.66. The molecule has 28 heavy (non-hydrogen) atoms. The van der Waals surface area contributed by atoms with Crippen molar-refractivity contribution >= 4 is 11.9 Å². The molecule has 7 heteroatoms. The molecule has 154 valence electrons. The number of guanidine groups is 1. The van der Waals surface area contributed by atoms with Crippen LogP contribution in [0.5, 0.6) is 0 Å². The summed E-state index contributed by atoms with van der Waals surface area (Å²) in [6.07, 6.45) is 3.35. The van der Waals surface area contributed by atoms with Crippen molar-refractivity contribution in [1.82, 2.24) is 20.4 Å². The maximum atomic E-state index is 13.7. The van der Waals surface area contributed by atoms with Gasteiger partial charge in [-0.25, -0.2) is 9.38 Å². The Labute approximate surface area is 167 Å². The Balaban J connectivity index is 1.39. The lowest BCUT2D eigenvalue weighted by atomic mass is 9.84. The van der Waals surface area contributed by atoms with Gasteiger partial charge in [0.05, 0.1) is 6.54 Å². The summed E-state index contributed by atoms with van der Waals surface area (Å²) in [6, 6.07) is 6.72. The van der Waals surface area contributed by atoms with Crippen molar-refractivity contribution in [2.45, 2.75) is 32.7 Å². The third-order valence-corrected chi connectivity index (χ3v) is 5.57. The molecule has 0 radical (unpaired) electrons. The molecule has 2 aliphatic rings. The summed E-state index contributed by atoms with van der Waals surface area (Å²) in [5, 5.41) is 6.52. The van der Waals surface area contributed by atoms with E-state index in [1.807, 2.05) is 17.9 Å². The molecule has 2 N–H and O–H groups in total. The second kappa shape index (κ2) is 10.4. The number of rotatable bonds is 7. The molecule has 1 aliphatic carbocycles. The van der Waals surface area contributed by atoms with Crippen LogP contribution in [-0.2, 0) is 11.3 Å². The Kier molecular flexibility index (Phi) is 7.65. The first-order chi connectivity index (χ1) is 13.7. The fourth-order valence-electron chi connectivity index (χ4n) is 3.57. The normalized spacial score (nSPS) is 18.6. The first kappa shape index (κ1) is 20.6. The van der Waals surface area contributed by atoms with Crippen LogP contribution in [0.1, 0.15) is 31.7 Å². The highest BCUT2D eigenvalue weighted by atomic mass is 19.1. The third-order valence-electron chi connectivity index (χ3n) is 5.57. The van der Waals surface area contributed by atoms with Gasteiger partial charge in [-0.3, -0.25) is 9.69 Å². The van der Waals surface area contributed by atoms with Crippen LogP contribution in [0.4, 0.5) is 4.39 Å². The lowest BCUT2D eigenvalue weighted by Crippen LogP contribution is -2.52. The Hall–Kier alpha value is -2.15. The van der Waals surface area contributed by atoms with E-state index in [4.69, 9.17) is 0 Å². The van der Waals surface area contributed by atoms with E-state index in [-0.39, 0.29) is 5.82 Å². The predicted octanol–water partition coefficient (Wildman–Crippen LogP) is 1.83. The number of hydrogen-bond acceptors (Lipinski definition) is 3. The number of halogens is 1. The van der Waals surface area contributed by atoms with E-state index >= 15 is 0 Å². The van der Waals surface area contributed by atoms with Crippen LogP contribution in [0.3, 0.4) is 0 Å². The summed E-state index contributed by atoms with van der Waals surface area (Å²) in [5.74, 6) is 1.13. The monoisotopic (exact) mass is 389 g/mol. The molecule has 1 amide bonds. The van der Waals surface area contributed by atoms with Gasteiger partial charge in [0.2, 0.25) is 5.91 Å². The quantitative estimate of drug-likeness (QED) is 0.552. The minimum absolute atomic E-state index is 0.226. The van der Waals surface area contributed by atoms with Crippen molar-refractivity contribution in [2.24, 2.45) is 10.9 Å². The summed E-state index contributed by atoms with van der Waals surface area (Å²) in [6.45, 7) is 8.24. The van der Waals surface area contributed by atoms with Crippen molar-refractivity contribution < 1.29 is 9.18 Å². The second-order valence-corrected chi connectivity index (χ2v) is 7.51. The van der Waals surface area contributed by atoms with E-state index in [0.717, 1.165) is 58.7 Å². The number of carbonyl (C=O) groups is 1. The Morgan fingerprint density at radius 2 is 1.93 bits per heavy atom. The number of benzene rings is 1. The van der Waals surface area contributed by atoms with Gasteiger partial charge in [-0.2, -0.15) is 0 Å². The summed E-state index contributed by atoms with van der Waals surface area (Å²) in [4.78, 5) is 21.2. The Morgan fingerprint density at radius 1 is 1.18 bits per heavy atom. The van der Waals surface area contributed by atoms with Crippen LogP contribution in [0.25, 0.3) is 0 Å². The minimum atomic E-state index is -0.226. The molecule has 0 aromatic heterocycles. The zero-order valence-corrected chi connectivity index (χ0v) is 16.8. The number of nitrogens with zero attached hydrogens (tertiary/aromatic N) is 3. The van der Waals surface area contributed by atoms with Gasteiger partial charge >= 0.3 is 0 Å². The van der Waals surface area contributed by atoms with Gasteiger partial charge < -0.3 is 15.5 Å². The fourth-order valence-corrected chi connectivity index (χ4v) is 3.57. The van der Waals surface area contributed by atoms with Crippen molar-refractivity contribution in [1.29, 1.82) is 0 Å². The standard InChI is InChI=1S/C21H32FN5O/c1-2-23-21(25-16-18-6-3-4-9-19(18)22)24-10-11-26-12-14-27(15-13-26)20(28)17-7-5-8-17/h3-4,6,9,17H,2,5,7-8,10-16H2,1H3,(H2,23,24,25). The van der Waals surface area contributed by atoms with Crippen LogP contribution in [0.2, 0.25) is 0 Å². The van der Waals surface area contributed by atoms with Crippen LogP contribution in [0.15, 0.2) is 29.3 Å². The zero-order chi connectivity index (χ0) is 19.8. The van der Waals surface area contributed by atoms with Crippen LogP contribution in [-0.4, -0.2) is 67.5 Å². The zero-order valence-electron chi connectivity index (χ0n) is 16.8. The molecule has 1 aromatic rings. The largest absolute Gasteiger partial charge is 0.357 e. The van der Waals surface area contributed by atoms with Gasteiger partial charge in [-0.1, -0.05) is 24.6 Å². The van der Waals surface area contributed by atoms with Gasteiger partial charge in [-0.05, 0) is 25.8 Å². The van der Waals surface area contributed by atoms with Gasteiger partial charge in [0.1, 0.15) is 5.82 Å². The second-order valence-electron chi connectivity index (χ2n) is 7.51. The highest BCUT2D eigenvalue weighted by Crippen LogP contribution is 2.28. The SMILES string of the molecule is CCNC(=NCc1ccccc1F)NCCN1CCN(C(=O)C2CCC2)CC1. The highest BCUT2D eigenvalue weighted by Gasteiger charge is 2.30. The lowest BCUT2D eigenvalue weighted by molar-refractivity contribution is -0.139. The highest BCUT2D eigenvalue weighted by molar-refractivity contribution is 5.80. The van der Waals surface area contributed by atoms with Gasteiger partial charge in [-0.15, -0.1) is 0 Å². The van der Waals surface area contributed by atoms with E-state index in [0.29, 0.717) is 29.9 Å². The van der Waals surface area contributed by atoms with Gasteiger partial charge in [0.25, 0.3) is 0 Å². The molecule has 3 rings (SSSR count). The minimum Gasteiger partial charge on any atom is -0.357 e. The number of carbonyl (C=O) groups excluding carboxylic acids is 1. The van der Waals surface area contributed by atoms with E-state index in [1.54, 1.807) is 12.1 Å². The summed E-state index contributed by atoms with van der Waals surface area (Å²) >= 11 is 0. The van der Waals surface area contributed by atoms with E-state index < -0.39 is 0 Å². The molecule has 1 saturated carbocycles. The number of piperazine rings is 1. The molecule has 0 atom stereocenters.